The minimum absolute atomic E-state index is 0.308. The lowest BCUT2D eigenvalue weighted by atomic mass is 10.2. The number of fused-ring (bicyclic) bond motifs is 2. The van der Waals surface area contributed by atoms with Crippen molar-refractivity contribution < 1.29 is 9.72 Å². The molecule has 4 atom stereocenters. The Bertz CT molecular complexity index is 1110. The molecule has 172 valence electrons. The fraction of sp³-hybridized carbons (Fsp3) is 0.435. The Kier molecular flexibility index (Phi) is 5.97. The number of aldehydes is 1. The Balaban J connectivity index is 0.000000140. The Labute approximate surface area is 201 Å². The van der Waals surface area contributed by atoms with Crippen molar-refractivity contribution in [3.8, 4) is 0 Å². The first kappa shape index (κ1) is 22.1. The minimum atomic E-state index is -0.516. The third kappa shape index (κ3) is 4.96. The number of carbonyl (C=O) groups excluding carboxylic acids is 1. The number of anilines is 2. The van der Waals surface area contributed by atoms with E-state index in [1.165, 1.54) is 18.9 Å². The molecule has 0 spiro atoms. The number of halogens is 2. The SMILES string of the molecule is O=Cc1ccc(N2CC3CC3C2)nc1Cl.O=[N+]([O-])/C=C/c1ccc(N2CC3CC3C2)nc1Cl. The van der Waals surface area contributed by atoms with Gasteiger partial charge in [-0.15, -0.1) is 0 Å². The molecule has 0 aromatic carbocycles. The monoisotopic (exact) mass is 487 g/mol. The third-order valence-corrected chi connectivity index (χ3v) is 7.44. The second kappa shape index (κ2) is 8.91. The molecule has 2 aliphatic carbocycles. The predicted molar refractivity (Wildman–Crippen MR) is 128 cm³/mol. The van der Waals surface area contributed by atoms with Crippen molar-refractivity contribution in [3.05, 3.63) is 62.0 Å². The van der Waals surface area contributed by atoms with Gasteiger partial charge in [-0.25, -0.2) is 9.97 Å². The van der Waals surface area contributed by atoms with E-state index in [4.69, 9.17) is 23.2 Å². The van der Waals surface area contributed by atoms with Gasteiger partial charge in [-0.1, -0.05) is 23.2 Å². The zero-order chi connectivity index (χ0) is 23.1. The molecule has 6 rings (SSSR count). The molecule has 2 aliphatic heterocycles. The van der Waals surface area contributed by atoms with Crippen molar-refractivity contribution in [2.45, 2.75) is 12.8 Å². The molecule has 2 saturated carbocycles. The van der Waals surface area contributed by atoms with E-state index in [2.05, 4.69) is 19.8 Å². The van der Waals surface area contributed by atoms with Crippen LogP contribution in [0.4, 0.5) is 11.6 Å². The molecule has 2 aromatic rings. The topological polar surface area (TPSA) is 92.5 Å². The van der Waals surface area contributed by atoms with Crippen LogP contribution in [0.5, 0.6) is 0 Å². The van der Waals surface area contributed by atoms with Crippen molar-refractivity contribution >= 4 is 47.2 Å². The van der Waals surface area contributed by atoms with Gasteiger partial charge in [0.15, 0.2) is 6.29 Å². The van der Waals surface area contributed by atoms with E-state index < -0.39 is 4.92 Å². The van der Waals surface area contributed by atoms with E-state index in [1.807, 2.05) is 12.1 Å². The zero-order valence-corrected chi connectivity index (χ0v) is 19.3. The molecule has 8 nitrogen and oxygen atoms in total. The first-order chi connectivity index (χ1) is 15.9. The molecule has 4 aliphatic rings. The van der Waals surface area contributed by atoms with Crippen LogP contribution in [0.1, 0.15) is 28.8 Å². The first-order valence-corrected chi connectivity index (χ1v) is 11.8. The van der Waals surface area contributed by atoms with Crippen LogP contribution >= 0.6 is 23.2 Å². The Hall–Kier alpha value is -2.71. The van der Waals surface area contributed by atoms with E-state index >= 15 is 0 Å². The maximum atomic E-state index is 10.6. The minimum Gasteiger partial charge on any atom is -0.356 e. The van der Waals surface area contributed by atoms with Crippen LogP contribution in [0.3, 0.4) is 0 Å². The smallest absolute Gasteiger partial charge is 0.235 e. The summed E-state index contributed by atoms with van der Waals surface area (Å²) in [4.78, 5) is 33.3. The highest BCUT2D eigenvalue weighted by atomic mass is 35.5. The van der Waals surface area contributed by atoms with E-state index in [0.29, 0.717) is 21.4 Å². The van der Waals surface area contributed by atoms with Crippen LogP contribution in [-0.4, -0.2) is 47.4 Å². The molecule has 10 heteroatoms. The van der Waals surface area contributed by atoms with Gasteiger partial charge in [-0.2, -0.15) is 0 Å². The van der Waals surface area contributed by atoms with E-state index in [9.17, 15) is 14.9 Å². The largest absolute Gasteiger partial charge is 0.356 e. The molecule has 4 unspecified atom stereocenters. The molecule has 4 heterocycles. The van der Waals surface area contributed by atoms with Gasteiger partial charge in [0.1, 0.15) is 21.9 Å². The molecule has 0 amide bonds. The van der Waals surface area contributed by atoms with Crippen LogP contribution in [-0.2, 0) is 0 Å². The van der Waals surface area contributed by atoms with Crippen molar-refractivity contribution in [1.82, 2.24) is 9.97 Å². The third-order valence-electron chi connectivity index (χ3n) is 6.83. The lowest BCUT2D eigenvalue weighted by Crippen LogP contribution is -2.22. The maximum absolute atomic E-state index is 10.6. The maximum Gasteiger partial charge on any atom is 0.235 e. The average Bonchev–Trinajstić information content (AvgIpc) is 3.64. The average molecular weight is 488 g/mol. The van der Waals surface area contributed by atoms with Crippen LogP contribution in [0.2, 0.25) is 10.3 Å². The summed E-state index contributed by atoms with van der Waals surface area (Å²) in [5, 5.41) is 10.9. The van der Waals surface area contributed by atoms with Gasteiger partial charge in [0, 0.05) is 37.8 Å². The predicted octanol–water partition coefficient (Wildman–Crippen LogP) is 4.44. The summed E-state index contributed by atoms with van der Waals surface area (Å²) in [6.45, 7) is 4.29. The van der Waals surface area contributed by atoms with Crippen molar-refractivity contribution in [1.29, 1.82) is 0 Å². The molecular weight excluding hydrogens is 465 g/mol. The molecule has 2 aromatic heterocycles. The Morgan fingerprint density at radius 2 is 1.30 bits per heavy atom. The highest BCUT2D eigenvalue weighted by Gasteiger charge is 2.46. The summed E-state index contributed by atoms with van der Waals surface area (Å²) < 4.78 is 0. The summed E-state index contributed by atoms with van der Waals surface area (Å²) in [6, 6.07) is 7.26. The van der Waals surface area contributed by atoms with Gasteiger partial charge in [0.2, 0.25) is 6.20 Å². The first-order valence-electron chi connectivity index (χ1n) is 11.0. The number of hydrogen-bond acceptors (Lipinski definition) is 7. The van der Waals surface area contributed by atoms with Gasteiger partial charge in [-0.05, 0) is 60.8 Å². The number of nitrogens with zero attached hydrogens (tertiary/aromatic N) is 5. The zero-order valence-electron chi connectivity index (χ0n) is 17.8. The van der Waals surface area contributed by atoms with E-state index in [1.54, 1.807) is 12.1 Å². The van der Waals surface area contributed by atoms with Crippen LogP contribution in [0.15, 0.2) is 30.5 Å². The number of piperidine rings is 2. The number of pyridine rings is 2. The number of aromatic nitrogens is 2. The highest BCUT2D eigenvalue weighted by Crippen LogP contribution is 2.46. The Morgan fingerprint density at radius 1 is 0.848 bits per heavy atom. The van der Waals surface area contributed by atoms with Gasteiger partial charge >= 0.3 is 0 Å². The van der Waals surface area contributed by atoms with Gasteiger partial charge in [0.05, 0.1) is 10.5 Å². The fourth-order valence-corrected chi connectivity index (χ4v) is 5.15. The van der Waals surface area contributed by atoms with Crippen LogP contribution < -0.4 is 9.80 Å². The number of carbonyl (C=O) groups is 1. The summed E-state index contributed by atoms with van der Waals surface area (Å²) in [5.74, 6) is 5.18. The normalized spacial score (nSPS) is 26.5. The second-order valence-corrected chi connectivity index (χ2v) is 9.86. The lowest BCUT2D eigenvalue weighted by Gasteiger charge is -2.19. The molecule has 33 heavy (non-hydrogen) atoms. The molecule has 0 bridgehead atoms. The van der Waals surface area contributed by atoms with Gasteiger partial charge in [-0.3, -0.25) is 14.9 Å². The Morgan fingerprint density at radius 3 is 1.70 bits per heavy atom. The van der Waals surface area contributed by atoms with Gasteiger partial charge in [0.25, 0.3) is 0 Å². The molecule has 2 saturated heterocycles. The quantitative estimate of drug-likeness (QED) is 0.266. The van der Waals surface area contributed by atoms with Crippen molar-refractivity contribution in [2.75, 3.05) is 36.0 Å². The number of nitro groups is 1. The van der Waals surface area contributed by atoms with E-state index in [0.717, 1.165) is 74.0 Å². The standard InChI is InChI=1S/C12H12ClN3O2.C11H11ClN2O/c13-12-8(3-4-16(17)18)1-2-11(14-12)15-6-9-5-10(9)7-15;12-11-7(6-15)1-2-10(13-11)14-4-8-3-9(8)5-14/h1-4,9-10H,5-7H2;1-2,6,8-9H,3-5H2/b4-3+;. The summed E-state index contributed by atoms with van der Waals surface area (Å²) >= 11 is 11.9. The van der Waals surface area contributed by atoms with Gasteiger partial charge < -0.3 is 9.80 Å². The molecule has 4 fully saturated rings. The summed E-state index contributed by atoms with van der Waals surface area (Å²) in [7, 11) is 0. The lowest BCUT2D eigenvalue weighted by molar-refractivity contribution is -0.400. The molecule has 0 N–H and O–H groups in total. The molecule has 0 radical (unpaired) electrons. The van der Waals surface area contributed by atoms with E-state index in [-0.39, 0.29) is 0 Å². The number of rotatable bonds is 5. The summed E-state index contributed by atoms with van der Waals surface area (Å²) in [5.41, 5.74) is 1.03. The van der Waals surface area contributed by atoms with Crippen molar-refractivity contribution in [2.24, 2.45) is 23.7 Å². The van der Waals surface area contributed by atoms with Crippen LogP contribution in [0, 0.1) is 33.8 Å². The van der Waals surface area contributed by atoms with Crippen LogP contribution in [0.25, 0.3) is 6.08 Å². The van der Waals surface area contributed by atoms with Crippen molar-refractivity contribution in [3.63, 3.8) is 0 Å². The molecular formula is C23H23Cl2N5O3. The number of hydrogen-bond donors (Lipinski definition) is 0. The fourth-order valence-electron chi connectivity index (χ4n) is 4.75. The summed E-state index contributed by atoms with van der Waals surface area (Å²) in [6.07, 6.45) is 5.68. The second-order valence-electron chi connectivity index (χ2n) is 9.14. The highest BCUT2D eigenvalue weighted by molar-refractivity contribution is 6.32.